The second kappa shape index (κ2) is 8.64. The van der Waals surface area contributed by atoms with Gasteiger partial charge in [0.2, 0.25) is 5.91 Å². The van der Waals surface area contributed by atoms with Crippen LogP contribution in [0, 0.1) is 5.41 Å². The second-order valence-corrected chi connectivity index (χ2v) is 8.86. The predicted octanol–water partition coefficient (Wildman–Crippen LogP) is 0.890. The number of tetrazole rings is 1. The molecule has 0 bridgehead atoms. The van der Waals surface area contributed by atoms with Crippen molar-refractivity contribution in [2.24, 2.45) is 5.41 Å². The number of esters is 1. The molecule has 5 rings (SSSR count). The third-order valence-corrected chi connectivity index (χ3v) is 7.15. The van der Waals surface area contributed by atoms with Gasteiger partial charge < -0.3 is 19.3 Å². The Morgan fingerprint density at radius 1 is 1.18 bits per heavy atom. The van der Waals surface area contributed by atoms with E-state index in [2.05, 4.69) is 25.4 Å². The van der Waals surface area contributed by atoms with Crippen molar-refractivity contribution in [3.8, 4) is 5.69 Å². The Balaban J connectivity index is 1.20. The molecule has 33 heavy (non-hydrogen) atoms. The number of ether oxygens (including phenoxy) is 2. The van der Waals surface area contributed by atoms with Crippen LogP contribution in [-0.4, -0.2) is 86.8 Å². The van der Waals surface area contributed by atoms with E-state index < -0.39 is 0 Å². The van der Waals surface area contributed by atoms with E-state index in [4.69, 9.17) is 9.47 Å². The molecule has 5 heterocycles. The highest BCUT2D eigenvalue weighted by molar-refractivity contribution is 5.94. The summed E-state index contributed by atoms with van der Waals surface area (Å²) < 4.78 is 12.4. The Morgan fingerprint density at radius 2 is 1.97 bits per heavy atom. The van der Waals surface area contributed by atoms with E-state index >= 15 is 0 Å². The van der Waals surface area contributed by atoms with Crippen LogP contribution in [0.2, 0.25) is 0 Å². The van der Waals surface area contributed by atoms with E-state index in [9.17, 15) is 9.59 Å². The highest BCUT2D eigenvalue weighted by Crippen LogP contribution is 2.44. The van der Waals surface area contributed by atoms with Gasteiger partial charge in [-0.1, -0.05) is 0 Å². The fraction of sp³-hybridized carbons (Fsp3) is 0.545. The topological polar surface area (TPSA) is 116 Å². The lowest BCUT2D eigenvalue weighted by Crippen LogP contribution is -2.45. The molecule has 0 unspecified atom stereocenters. The molecule has 11 heteroatoms. The first-order chi connectivity index (χ1) is 16.0. The lowest BCUT2D eigenvalue weighted by Gasteiger charge is -2.39. The molecule has 11 nitrogen and oxygen atoms in total. The molecule has 0 aromatic carbocycles. The molecule has 174 valence electrons. The summed E-state index contributed by atoms with van der Waals surface area (Å²) in [7, 11) is 1.69. The van der Waals surface area contributed by atoms with Crippen molar-refractivity contribution >= 4 is 11.9 Å². The van der Waals surface area contributed by atoms with Crippen molar-refractivity contribution in [3.63, 3.8) is 0 Å². The number of hydrogen-bond donors (Lipinski definition) is 0. The summed E-state index contributed by atoms with van der Waals surface area (Å²) >= 11 is 0. The number of amides is 1. The molecule has 1 atom stereocenters. The van der Waals surface area contributed by atoms with Crippen LogP contribution < -0.4 is 0 Å². The quantitative estimate of drug-likeness (QED) is 0.588. The molecule has 2 aromatic heterocycles. The van der Waals surface area contributed by atoms with Gasteiger partial charge in [0.15, 0.2) is 0 Å². The van der Waals surface area contributed by atoms with Crippen LogP contribution in [0.25, 0.3) is 5.69 Å². The van der Waals surface area contributed by atoms with Gasteiger partial charge in [-0.3, -0.25) is 9.78 Å². The number of pyridine rings is 1. The molecule has 0 N–H and O–H groups in total. The third-order valence-electron chi connectivity index (χ3n) is 7.15. The summed E-state index contributed by atoms with van der Waals surface area (Å²) in [4.78, 5) is 33.7. The lowest BCUT2D eigenvalue weighted by molar-refractivity contribution is -0.138. The van der Waals surface area contributed by atoms with E-state index in [-0.39, 0.29) is 30.0 Å². The molecule has 3 aliphatic heterocycles. The Morgan fingerprint density at radius 3 is 2.58 bits per heavy atom. The number of likely N-dealkylation sites (tertiary alicyclic amines) is 2. The van der Waals surface area contributed by atoms with Crippen LogP contribution in [-0.2, 0) is 19.1 Å². The Hall–Kier alpha value is -3.18. The first-order valence-electron chi connectivity index (χ1n) is 11.1. The number of methoxy groups -OCH3 is 1. The first-order valence-corrected chi connectivity index (χ1v) is 11.1. The van der Waals surface area contributed by atoms with Crippen LogP contribution in [0.1, 0.15) is 38.0 Å². The van der Waals surface area contributed by atoms with E-state index in [1.807, 2.05) is 12.1 Å². The summed E-state index contributed by atoms with van der Waals surface area (Å²) in [5.74, 6) is -0.184. The minimum absolute atomic E-state index is 0.137. The summed E-state index contributed by atoms with van der Waals surface area (Å²) in [6.45, 7) is 4.92. The number of carbonyl (C=O) groups is 2. The van der Waals surface area contributed by atoms with Gasteiger partial charge in [-0.2, -0.15) is 4.68 Å². The largest absolute Gasteiger partial charge is 0.456 e. The molecule has 3 aliphatic rings. The predicted molar refractivity (Wildman–Crippen MR) is 115 cm³/mol. The maximum Gasteiger partial charge on any atom is 0.336 e. The van der Waals surface area contributed by atoms with Gasteiger partial charge in [-0.05, 0) is 61.8 Å². The van der Waals surface area contributed by atoms with Crippen molar-refractivity contribution in [1.82, 2.24) is 35.0 Å². The van der Waals surface area contributed by atoms with Gasteiger partial charge in [-0.15, -0.1) is 5.10 Å². The van der Waals surface area contributed by atoms with Crippen molar-refractivity contribution < 1.29 is 19.1 Å². The molecular weight excluding hydrogens is 426 g/mol. The van der Waals surface area contributed by atoms with Gasteiger partial charge in [0.1, 0.15) is 19.0 Å². The van der Waals surface area contributed by atoms with Crippen LogP contribution in [0.5, 0.6) is 0 Å². The zero-order chi connectivity index (χ0) is 23.0. The summed E-state index contributed by atoms with van der Waals surface area (Å²) in [5.41, 5.74) is 2.57. The van der Waals surface area contributed by atoms with Gasteiger partial charge >= 0.3 is 5.97 Å². The maximum absolute atomic E-state index is 13.3. The number of rotatable bonds is 6. The number of piperidine rings is 1. The number of hydrogen-bond acceptors (Lipinski definition) is 9. The molecule has 0 saturated carbocycles. The van der Waals surface area contributed by atoms with Gasteiger partial charge in [-0.25, -0.2) is 4.79 Å². The number of nitrogens with zero attached hydrogens (tertiary/aromatic N) is 7. The maximum atomic E-state index is 13.3. The van der Waals surface area contributed by atoms with Crippen LogP contribution in [0.3, 0.4) is 0 Å². The SMILES string of the molecule is CO[C@@H](CN1CCC2(CC1)CCN(C1=C(C)C(=O)OC1)C2=O)c1ccc(-n2cnnn2)cn1. The van der Waals surface area contributed by atoms with Gasteiger partial charge in [0, 0.05) is 20.2 Å². The monoisotopic (exact) mass is 453 g/mol. The Labute approximate surface area is 191 Å². The third kappa shape index (κ3) is 3.91. The van der Waals surface area contributed by atoms with Crippen molar-refractivity contribution in [3.05, 3.63) is 41.6 Å². The Kier molecular flexibility index (Phi) is 5.67. The summed E-state index contributed by atoms with van der Waals surface area (Å²) in [5, 5.41) is 11.2. The fourth-order valence-electron chi connectivity index (χ4n) is 4.98. The fourth-order valence-corrected chi connectivity index (χ4v) is 4.98. The Bertz CT molecular complexity index is 1060. The second-order valence-electron chi connectivity index (χ2n) is 8.86. The molecule has 2 fully saturated rings. The highest BCUT2D eigenvalue weighted by atomic mass is 16.5. The molecule has 2 saturated heterocycles. The normalized spacial score (nSPS) is 21.8. The molecule has 1 amide bonds. The van der Waals surface area contributed by atoms with Crippen LogP contribution >= 0.6 is 0 Å². The summed E-state index contributed by atoms with van der Waals surface area (Å²) in [6.07, 6.45) is 5.49. The molecule has 1 spiro atoms. The minimum Gasteiger partial charge on any atom is -0.456 e. The van der Waals surface area contributed by atoms with Crippen molar-refractivity contribution in [2.45, 2.75) is 32.3 Å². The van der Waals surface area contributed by atoms with E-state index in [0.29, 0.717) is 18.7 Å². The van der Waals surface area contributed by atoms with Gasteiger partial charge in [0.05, 0.1) is 34.3 Å². The zero-order valence-electron chi connectivity index (χ0n) is 18.8. The number of aromatic nitrogens is 5. The average molecular weight is 454 g/mol. The highest BCUT2D eigenvalue weighted by Gasteiger charge is 2.50. The van der Waals surface area contributed by atoms with Crippen LogP contribution in [0.4, 0.5) is 0 Å². The lowest BCUT2D eigenvalue weighted by atomic mass is 9.77. The minimum atomic E-state index is -0.344. The zero-order valence-corrected chi connectivity index (χ0v) is 18.8. The molecule has 0 aliphatic carbocycles. The van der Waals surface area contributed by atoms with Crippen LogP contribution in [0.15, 0.2) is 35.9 Å². The van der Waals surface area contributed by atoms with Gasteiger partial charge in [0.25, 0.3) is 0 Å². The number of carbonyl (C=O) groups excluding carboxylic acids is 2. The molecule has 2 aromatic rings. The smallest absolute Gasteiger partial charge is 0.336 e. The molecular formula is C22H27N7O4. The average Bonchev–Trinajstić information content (AvgIpc) is 3.56. The van der Waals surface area contributed by atoms with E-state index in [1.165, 1.54) is 6.33 Å². The first kappa shape index (κ1) is 21.7. The summed E-state index contributed by atoms with van der Waals surface area (Å²) in [6, 6.07) is 3.84. The van der Waals surface area contributed by atoms with E-state index in [0.717, 1.165) is 49.4 Å². The van der Waals surface area contributed by atoms with Crippen molar-refractivity contribution in [2.75, 3.05) is 39.9 Å². The number of cyclic esters (lactones) is 1. The van der Waals surface area contributed by atoms with Crippen molar-refractivity contribution in [1.29, 1.82) is 0 Å². The standard InChI is InChI=1S/C22H27N7O4/c1-15-18(13-33-20(15)30)28-10-7-22(21(28)31)5-8-27(9-6-22)12-19(32-2)17-4-3-16(11-23-17)29-14-24-25-26-29/h3-4,11,14,19H,5-10,12-13H2,1-2H3/t19-/m0/s1. The van der Waals surface area contributed by atoms with E-state index in [1.54, 1.807) is 29.8 Å². The molecule has 0 radical (unpaired) electrons.